The summed E-state index contributed by atoms with van der Waals surface area (Å²) in [5, 5.41) is 5.22. The average molecular weight is 358 g/mol. The van der Waals surface area contributed by atoms with E-state index in [-0.39, 0.29) is 12.5 Å². The highest BCUT2D eigenvalue weighted by Crippen LogP contribution is 2.22. The van der Waals surface area contributed by atoms with Gasteiger partial charge < -0.3 is 10.1 Å². The Balaban J connectivity index is 1.86. The molecular formula is C15H13Cl2NO3S. The van der Waals surface area contributed by atoms with Crippen LogP contribution in [0, 0.1) is 0 Å². The van der Waals surface area contributed by atoms with Crippen LogP contribution in [0.25, 0.3) is 0 Å². The fourth-order valence-electron chi connectivity index (χ4n) is 1.64. The van der Waals surface area contributed by atoms with E-state index in [1.54, 1.807) is 42.6 Å². The second-order valence-corrected chi connectivity index (χ2v) is 6.29. The fourth-order valence-corrected chi connectivity index (χ4v) is 2.59. The van der Waals surface area contributed by atoms with Crippen LogP contribution in [-0.2, 0) is 16.1 Å². The van der Waals surface area contributed by atoms with Crippen molar-refractivity contribution >= 4 is 46.4 Å². The Bertz CT molecular complexity index is 673. The lowest BCUT2D eigenvalue weighted by Crippen LogP contribution is -2.39. The number of amides is 1. The number of hydrogen-bond acceptors (Lipinski definition) is 4. The topological polar surface area (TPSA) is 55.4 Å². The van der Waals surface area contributed by atoms with Gasteiger partial charge in [-0.15, -0.1) is 11.3 Å². The van der Waals surface area contributed by atoms with Crippen molar-refractivity contribution in [1.29, 1.82) is 0 Å². The first-order valence-electron chi connectivity index (χ1n) is 6.42. The van der Waals surface area contributed by atoms with Gasteiger partial charge >= 0.3 is 5.97 Å². The maximum absolute atomic E-state index is 11.9. The molecule has 0 radical (unpaired) electrons. The average Bonchev–Trinajstić information content (AvgIpc) is 3.02. The molecule has 0 fully saturated rings. The van der Waals surface area contributed by atoms with Crippen molar-refractivity contribution in [2.24, 2.45) is 0 Å². The molecule has 0 aliphatic rings. The number of esters is 1. The van der Waals surface area contributed by atoms with Gasteiger partial charge in [0, 0.05) is 0 Å². The second kappa shape index (κ2) is 7.63. The third-order valence-corrected chi connectivity index (χ3v) is 4.42. The molecule has 2 rings (SSSR count). The lowest BCUT2D eigenvalue weighted by atomic mass is 10.2. The zero-order valence-corrected chi connectivity index (χ0v) is 14.0. The third-order valence-electron chi connectivity index (χ3n) is 2.81. The predicted octanol–water partition coefficient (Wildman–Crippen LogP) is 3.92. The zero-order valence-electron chi connectivity index (χ0n) is 11.6. The summed E-state index contributed by atoms with van der Waals surface area (Å²) in [6.07, 6.45) is 0. The molecular weight excluding hydrogens is 345 g/mol. The zero-order chi connectivity index (χ0) is 16.1. The van der Waals surface area contributed by atoms with Gasteiger partial charge in [0.25, 0.3) is 5.91 Å². The van der Waals surface area contributed by atoms with Crippen LogP contribution in [0.3, 0.4) is 0 Å². The standard InChI is InChI=1S/C15H13Cl2NO3S/c1-9(18-14(19)13-3-2-6-22-13)15(20)21-8-10-4-5-11(16)12(17)7-10/h2-7,9H,8H2,1H3,(H,18,19)/t9-/m0/s1. The molecule has 0 aliphatic carbocycles. The summed E-state index contributed by atoms with van der Waals surface area (Å²) in [5.74, 6) is -0.815. The van der Waals surface area contributed by atoms with E-state index >= 15 is 0 Å². The lowest BCUT2D eigenvalue weighted by Gasteiger charge is -2.13. The summed E-state index contributed by atoms with van der Waals surface area (Å²) in [5.41, 5.74) is 0.722. The molecule has 4 nitrogen and oxygen atoms in total. The smallest absolute Gasteiger partial charge is 0.328 e. The Kier molecular flexibility index (Phi) is 5.83. The molecule has 1 aromatic carbocycles. The number of hydrogen-bond donors (Lipinski definition) is 1. The Labute approximate surface area is 142 Å². The number of thiophene rings is 1. The minimum atomic E-state index is -0.739. The number of rotatable bonds is 5. The molecule has 0 unspecified atom stereocenters. The maximum Gasteiger partial charge on any atom is 0.328 e. The molecule has 1 amide bonds. The molecule has 1 atom stereocenters. The van der Waals surface area contributed by atoms with Gasteiger partial charge in [0.1, 0.15) is 12.6 Å². The molecule has 1 aromatic heterocycles. The lowest BCUT2D eigenvalue weighted by molar-refractivity contribution is -0.146. The van der Waals surface area contributed by atoms with Crippen LogP contribution in [-0.4, -0.2) is 17.9 Å². The van der Waals surface area contributed by atoms with Crippen molar-refractivity contribution in [1.82, 2.24) is 5.32 Å². The Hall–Kier alpha value is -1.56. The number of carbonyl (C=O) groups excluding carboxylic acids is 2. The van der Waals surface area contributed by atoms with Gasteiger partial charge in [-0.25, -0.2) is 4.79 Å². The molecule has 7 heteroatoms. The van der Waals surface area contributed by atoms with Gasteiger partial charge in [-0.05, 0) is 36.1 Å². The van der Waals surface area contributed by atoms with Crippen molar-refractivity contribution in [3.05, 3.63) is 56.2 Å². The molecule has 2 aromatic rings. The van der Waals surface area contributed by atoms with Crippen molar-refractivity contribution in [2.75, 3.05) is 0 Å². The summed E-state index contributed by atoms with van der Waals surface area (Å²) in [7, 11) is 0. The van der Waals surface area contributed by atoms with E-state index in [0.717, 1.165) is 5.56 Å². The number of ether oxygens (including phenoxy) is 1. The molecule has 0 aliphatic heterocycles. The maximum atomic E-state index is 11.9. The van der Waals surface area contributed by atoms with Crippen LogP contribution in [0.15, 0.2) is 35.7 Å². The first kappa shape index (κ1) is 16.8. The highest BCUT2D eigenvalue weighted by Gasteiger charge is 2.18. The summed E-state index contributed by atoms with van der Waals surface area (Å²) >= 11 is 13.0. The molecule has 22 heavy (non-hydrogen) atoms. The van der Waals surface area contributed by atoms with Crippen LogP contribution < -0.4 is 5.32 Å². The van der Waals surface area contributed by atoms with Crippen LogP contribution in [0.4, 0.5) is 0 Å². The van der Waals surface area contributed by atoms with Crippen LogP contribution in [0.5, 0.6) is 0 Å². The van der Waals surface area contributed by atoms with E-state index in [0.29, 0.717) is 14.9 Å². The summed E-state index contributed by atoms with van der Waals surface area (Å²) < 4.78 is 5.15. The van der Waals surface area contributed by atoms with Crippen molar-refractivity contribution in [3.8, 4) is 0 Å². The molecule has 0 bridgehead atoms. The number of halogens is 2. The van der Waals surface area contributed by atoms with E-state index in [1.165, 1.54) is 11.3 Å². The Morgan fingerprint density at radius 1 is 1.27 bits per heavy atom. The monoisotopic (exact) mass is 357 g/mol. The van der Waals surface area contributed by atoms with Crippen molar-refractivity contribution in [3.63, 3.8) is 0 Å². The van der Waals surface area contributed by atoms with E-state index in [4.69, 9.17) is 27.9 Å². The Morgan fingerprint density at radius 3 is 2.68 bits per heavy atom. The molecule has 0 saturated carbocycles. The number of benzene rings is 1. The Morgan fingerprint density at radius 2 is 2.05 bits per heavy atom. The van der Waals surface area contributed by atoms with Gasteiger partial charge in [0.15, 0.2) is 0 Å². The molecule has 116 valence electrons. The van der Waals surface area contributed by atoms with E-state index in [1.807, 2.05) is 0 Å². The van der Waals surface area contributed by atoms with Gasteiger partial charge in [0.2, 0.25) is 0 Å². The summed E-state index contributed by atoms with van der Waals surface area (Å²) in [6, 6.07) is 7.70. The van der Waals surface area contributed by atoms with E-state index < -0.39 is 12.0 Å². The SMILES string of the molecule is C[C@H](NC(=O)c1cccs1)C(=O)OCc1ccc(Cl)c(Cl)c1. The first-order valence-corrected chi connectivity index (χ1v) is 8.06. The molecule has 1 N–H and O–H groups in total. The van der Waals surface area contributed by atoms with Gasteiger partial charge in [-0.2, -0.15) is 0 Å². The first-order chi connectivity index (χ1) is 10.5. The van der Waals surface area contributed by atoms with Gasteiger partial charge in [-0.3, -0.25) is 4.79 Å². The number of carbonyl (C=O) groups is 2. The van der Waals surface area contributed by atoms with Crippen LogP contribution >= 0.6 is 34.5 Å². The fraction of sp³-hybridized carbons (Fsp3) is 0.200. The highest BCUT2D eigenvalue weighted by atomic mass is 35.5. The summed E-state index contributed by atoms with van der Waals surface area (Å²) in [6.45, 7) is 1.64. The highest BCUT2D eigenvalue weighted by molar-refractivity contribution is 7.12. The minimum absolute atomic E-state index is 0.0644. The molecule has 0 saturated heterocycles. The van der Waals surface area contributed by atoms with Crippen molar-refractivity contribution in [2.45, 2.75) is 19.6 Å². The van der Waals surface area contributed by atoms with E-state index in [2.05, 4.69) is 5.32 Å². The minimum Gasteiger partial charge on any atom is -0.459 e. The van der Waals surface area contributed by atoms with Crippen LogP contribution in [0.2, 0.25) is 10.0 Å². The normalized spacial score (nSPS) is 11.8. The second-order valence-electron chi connectivity index (χ2n) is 4.53. The summed E-state index contributed by atoms with van der Waals surface area (Å²) in [4.78, 5) is 24.3. The number of nitrogens with one attached hydrogen (secondary N) is 1. The molecule has 0 spiro atoms. The van der Waals surface area contributed by atoms with Crippen molar-refractivity contribution < 1.29 is 14.3 Å². The van der Waals surface area contributed by atoms with Gasteiger partial charge in [-0.1, -0.05) is 35.3 Å². The quantitative estimate of drug-likeness (QED) is 0.825. The largest absolute Gasteiger partial charge is 0.459 e. The predicted molar refractivity (Wildman–Crippen MR) is 87.5 cm³/mol. The van der Waals surface area contributed by atoms with E-state index in [9.17, 15) is 9.59 Å². The van der Waals surface area contributed by atoms with Crippen LogP contribution in [0.1, 0.15) is 22.2 Å². The third kappa shape index (κ3) is 4.47. The van der Waals surface area contributed by atoms with Gasteiger partial charge in [0.05, 0.1) is 14.9 Å². The molecule has 1 heterocycles.